The number of aromatic amines is 1. The van der Waals surface area contributed by atoms with E-state index in [4.69, 9.17) is 17.0 Å². The summed E-state index contributed by atoms with van der Waals surface area (Å²) in [5.74, 6) is 0. The third kappa shape index (κ3) is 2.07. The van der Waals surface area contributed by atoms with Crippen molar-refractivity contribution in [3.63, 3.8) is 0 Å². The average Bonchev–Trinajstić information content (AvgIpc) is 2.31. The number of rotatable bonds is 3. The maximum absolute atomic E-state index is 5.19. The number of nitrogens with one attached hydrogen (secondary N) is 1. The zero-order valence-corrected chi connectivity index (χ0v) is 7.22. The normalized spacial score (nSPS) is 9.70. The van der Waals surface area contributed by atoms with Gasteiger partial charge >= 0.3 is 0 Å². The molecule has 0 bridgehead atoms. The molecule has 0 saturated heterocycles. The van der Waals surface area contributed by atoms with Crippen LogP contribution in [-0.4, -0.2) is 16.8 Å². The molecule has 0 radical (unpaired) electrons. The van der Waals surface area contributed by atoms with E-state index in [1.54, 1.807) is 0 Å². The molecule has 0 aliphatic heterocycles. The Bertz CT molecular complexity index is 242. The molecule has 0 fully saturated rings. The first-order chi connectivity index (χ1) is 4.83. The van der Waals surface area contributed by atoms with Gasteiger partial charge in [0.25, 0.3) is 5.19 Å². The number of ether oxygens (including phenoxy) is 1. The fourth-order valence-electron chi connectivity index (χ4n) is 0.467. The highest BCUT2D eigenvalue weighted by molar-refractivity contribution is 7.73. The number of H-pyrrole nitrogens is 1. The van der Waals surface area contributed by atoms with Crippen molar-refractivity contribution in [2.45, 2.75) is 13.3 Å². The van der Waals surface area contributed by atoms with Crippen LogP contribution in [0.5, 0.6) is 5.19 Å². The molecule has 56 valence electrons. The van der Waals surface area contributed by atoms with Gasteiger partial charge in [-0.1, -0.05) is 6.92 Å². The van der Waals surface area contributed by atoms with Crippen LogP contribution in [0.2, 0.25) is 0 Å². The lowest BCUT2D eigenvalue weighted by molar-refractivity contribution is 0.313. The molecule has 3 nitrogen and oxygen atoms in total. The van der Waals surface area contributed by atoms with E-state index in [1.165, 1.54) is 11.3 Å². The van der Waals surface area contributed by atoms with Gasteiger partial charge in [0.15, 0.2) is 3.95 Å². The third-order valence-electron chi connectivity index (χ3n) is 0.848. The minimum absolute atomic E-state index is 0.631. The summed E-state index contributed by atoms with van der Waals surface area (Å²) in [4.78, 5) is 0. The molecule has 1 rings (SSSR count). The van der Waals surface area contributed by atoms with Crippen molar-refractivity contribution in [3.8, 4) is 5.19 Å². The van der Waals surface area contributed by atoms with E-state index >= 15 is 0 Å². The molecular weight excluding hydrogens is 168 g/mol. The molecule has 1 aromatic heterocycles. The zero-order chi connectivity index (χ0) is 7.40. The zero-order valence-electron chi connectivity index (χ0n) is 5.59. The van der Waals surface area contributed by atoms with E-state index in [0.717, 1.165) is 6.42 Å². The van der Waals surface area contributed by atoms with Crippen LogP contribution in [0.1, 0.15) is 13.3 Å². The van der Waals surface area contributed by atoms with E-state index in [2.05, 4.69) is 10.2 Å². The molecule has 0 aromatic carbocycles. The Morgan fingerprint density at radius 2 is 2.60 bits per heavy atom. The summed E-state index contributed by atoms with van der Waals surface area (Å²) < 4.78 is 5.84. The van der Waals surface area contributed by atoms with Crippen LogP contribution < -0.4 is 4.74 Å². The van der Waals surface area contributed by atoms with Crippen LogP contribution >= 0.6 is 23.6 Å². The van der Waals surface area contributed by atoms with Gasteiger partial charge < -0.3 is 4.74 Å². The van der Waals surface area contributed by atoms with Crippen LogP contribution in [0.4, 0.5) is 0 Å². The molecule has 1 heterocycles. The van der Waals surface area contributed by atoms with Crippen LogP contribution in [0.15, 0.2) is 0 Å². The number of nitrogens with zero attached hydrogens (tertiary/aromatic N) is 1. The molecule has 0 aliphatic carbocycles. The molecule has 1 aromatic rings. The van der Waals surface area contributed by atoms with E-state index in [1.807, 2.05) is 6.92 Å². The topological polar surface area (TPSA) is 37.9 Å². The smallest absolute Gasteiger partial charge is 0.293 e. The molecular formula is C5H8N2OS2. The van der Waals surface area contributed by atoms with Crippen molar-refractivity contribution >= 4 is 23.6 Å². The lowest BCUT2D eigenvalue weighted by Gasteiger charge is -1.94. The Balaban J connectivity index is 2.50. The Kier molecular flexibility index (Phi) is 2.82. The Morgan fingerprint density at radius 1 is 1.80 bits per heavy atom. The molecule has 1 N–H and O–H groups in total. The second-order valence-corrected chi connectivity index (χ2v) is 3.36. The highest BCUT2D eigenvalue weighted by Gasteiger charge is 1.94. The third-order valence-corrected chi connectivity index (χ3v) is 1.85. The average molecular weight is 176 g/mol. The summed E-state index contributed by atoms with van der Waals surface area (Å²) in [5.41, 5.74) is 0. The SMILES string of the molecule is CCCOc1n[nH]c(=S)s1. The largest absolute Gasteiger partial charge is 0.469 e. The van der Waals surface area contributed by atoms with Crippen LogP contribution in [0, 0.1) is 3.95 Å². The van der Waals surface area contributed by atoms with E-state index in [-0.39, 0.29) is 0 Å². The molecule has 5 heteroatoms. The van der Waals surface area contributed by atoms with Crippen molar-refractivity contribution < 1.29 is 4.74 Å². The monoisotopic (exact) mass is 176 g/mol. The molecule has 0 spiro atoms. The number of hydrogen-bond acceptors (Lipinski definition) is 4. The number of hydrogen-bond donors (Lipinski definition) is 1. The van der Waals surface area contributed by atoms with Gasteiger partial charge in [0, 0.05) is 0 Å². The molecule has 0 aliphatic rings. The lowest BCUT2D eigenvalue weighted by Crippen LogP contribution is -1.93. The van der Waals surface area contributed by atoms with Gasteiger partial charge in [-0.15, -0.1) is 5.10 Å². The fourth-order valence-corrected chi connectivity index (χ4v) is 1.21. The summed E-state index contributed by atoms with van der Waals surface area (Å²) >= 11 is 6.16. The summed E-state index contributed by atoms with van der Waals surface area (Å²) in [5, 5.41) is 7.09. The molecule has 0 saturated carbocycles. The fraction of sp³-hybridized carbons (Fsp3) is 0.600. The summed E-state index contributed by atoms with van der Waals surface area (Å²) in [6, 6.07) is 0. The van der Waals surface area contributed by atoms with Crippen molar-refractivity contribution in [2.75, 3.05) is 6.61 Å². The highest BCUT2D eigenvalue weighted by atomic mass is 32.1. The van der Waals surface area contributed by atoms with Gasteiger partial charge in [-0.2, -0.15) is 0 Å². The standard InChI is InChI=1S/C5H8N2OS2/c1-2-3-8-4-6-7-5(9)10-4/h2-3H2,1H3,(H,7,9). The van der Waals surface area contributed by atoms with Crippen LogP contribution in [0.3, 0.4) is 0 Å². The van der Waals surface area contributed by atoms with Gasteiger partial charge in [0.2, 0.25) is 0 Å². The van der Waals surface area contributed by atoms with Gasteiger partial charge in [-0.05, 0) is 30.0 Å². The van der Waals surface area contributed by atoms with E-state index in [9.17, 15) is 0 Å². The summed E-state index contributed by atoms with van der Waals surface area (Å²) in [7, 11) is 0. The minimum Gasteiger partial charge on any atom is -0.469 e. The highest BCUT2D eigenvalue weighted by Crippen LogP contribution is 2.13. The molecule has 0 amide bonds. The van der Waals surface area contributed by atoms with Gasteiger partial charge in [-0.25, -0.2) is 0 Å². The Morgan fingerprint density at radius 3 is 3.10 bits per heavy atom. The second kappa shape index (κ2) is 3.68. The lowest BCUT2D eigenvalue weighted by atomic mass is 10.5. The van der Waals surface area contributed by atoms with Gasteiger partial charge in [0.1, 0.15) is 0 Å². The first kappa shape index (κ1) is 7.68. The van der Waals surface area contributed by atoms with Gasteiger partial charge in [0.05, 0.1) is 6.61 Å². The first-order valence-corrected chi connectivity index (χ1v) is 4.23. The van der Waals surface area contributed by atoms with Crippen molar-refractivity contribution in [1.29, 1.82) is 0 Å². The predicted molar refractivity (Wildman–Crippen MR) is 43.1 cm³/mol. The van der Waals surface area contributed by atoms with Crippen molar-refractivity contribution in [1.82, 2.24) is 10.2 Å². The molecule has 0 atom stereocenters. The minimum atomic E-state index is 0.631. The van der Waals surface area contributed by atoms with Crippen LogP contribution in [0.25, 0.3) is 0 Å². The van der Waals surface area contributed by atoms with Crippen molar-refractivity contribution in [3.05, 3.63) is 3.95 Å². The predicted octanol–water partition coefficient (Wildman–Crippen LogP) is 1.99. The van der Waals surface area contributed by atoms with E-state index in [0.29, 0.717) is 15.8 Å². The van der Waals surface area contributed by atoms with Crippen LogP contribution in [-0.2, 0) is 0 Å². The molecule has 0 unspecified atom stereocenters. The maximum Gasteiger partial charge on any atom is 0.293 e. The van der Waals surface area contributed by atoms with E-state index < -0.39 is 0 Å². The number of aromatic nitrogens is 2. The summed E-state index contributed by atoms with van der Waals surface area (Å²) in [6.45, 7) is 2.75. The molecule has 10 heavy (non-hydrogen) atoms. The maximum atomic E-state index is 5.19. The second-order valence-electron chi connectivity index (χ2n) is 1.73. The Hall–Kier alpha value is -0.420. The Labute approximate surface area is 68.0 Å². The quantitative estimate of drug-likeness (QED) is 0.716. The summed E-state index contributed by atoms with van der Waals surface area (Å²) in [6.07, 6.45) is 0.992. The first-order valence-electron chi connectivity index (χ1n) is 3.01. The van der Waals surface area contributed by atoms with Gasteiger partial charge in [-0.3, -0.25) is 5.10 Å². The van der Waals surface area contributed by atoms with Crippen molar-refractivity contribution in [2.24, 2.45) is 0 Å².